The van der Waals surface area contributed by atoms with Gasteiger partial charge in [-0.05, 0) is 43.4 Å². The van der Waals surface area contributed by atoms with E-state index in [1.165, 1.54) is 51.4 Å². The van der Waals surface area contributed by atoms with Gasteiger partial charge in [-0.25, -0.2) is 0 Å². The predicted molar refractivity (Wildman–Crippen MR) is 83.6 cm³/mol. The van der Waals surface area contributed by atoms with Crippen molar-refractivity contribution in [3.63, 3.8) is 0 Å². The summed E-state index contributed by atoms with van der Waals surface area (Å²) in [6.07, 6.45) is 10.9. The molecular weight excluding hydrogens is 268 g/mol. The highest BCUT2D eigenvalue weighted by Gasteiger charge is 2.61. The Kier molecular flexibility index (Phi) is 6.08. The molecule has 2 rings (SSSR count). The summed E-state index contributed by atoms with van der Waals surface area (Å²) in [5, 5.41) is 0. The molecule has 118 valence electrons. The van der Waals surface area contributed by atoms with Crippen LogP contribution in [0, 0.1) is 17.8 Å². The molecule has 0 aliphatic heterocycles. The van der Waals surface area contributed by atoms with Gasteiger partial charge in [0.05, 0.1) is 0 Å². The van der Waals surface area contributed by atoms with Crippen LogP contribution in [0.2, 0.25) is 5.54 Å². The van der Waals surface area contributed by atoms with Crippen LogP contribution in [0.15, 0.2) is 0 Å². The second-order valence-corrected chi connectivity index (χ2v) is 9.69. The van der Waals surface area contributed by atoms with Gasteiger partial charge in [0.2, 0.25) is 0 Å². The summed E-state index contributed by atoms with van der Waals surface area (Å²) in [6.45, 7) is 2.28. The van der Waals surface area contributed by atoms with Crippen molar-refractivity contribution >= 4 is 8.80 Å². The van der Waals surface area contributed by atoms with E-state index in [0.29, 0.717) is 5.54 Å². The Morgan fingerprint density at radius 2 is 1.55 bits per heavy atom. The molecule has 0 amide bonds. The van der Waals surface area contributed by atoms with E-state index in [-0.39, 0.29) is 0 Å². The molecule has 0 spiro atoms. The molecule has 0 aromatic carbocycles. The van der Waals surface area contributed by atoms with Crippen LogP contribution in [0.4, 0.5) is 0 Å². The molecule has 2 saturated carbocycles. The smallest absolute Gasteiger partial charge is 0.377 e. The summed E-state index contributed by atoms with van der Waals surface area (Å²) in [7, 11) is 2.86. The molecule has 2 fully saturated rings. The van der Waals surface area contributed by atoms with E-state index in [9.17, 15) is 0 Å². The molecule has 0 aromatic heterocycles. The molecule has 2 bridgehead atoms. The van der Waals surface area contributed by atoms with E-state index in [2.05, 4.69) is 6.92 Å². The number of hydrogen-bond donors (Lipinski definition) is 0. The van der Waals surface area contributed by atoms with E-state index in [0.717, 1.165) is 17.8 Å². The Labute approximate surface area is 125 Å². The van der Waals surface area contributed by atoms with Crippen molar-refractivity contribution in [1.29, 1.82) is 0 Å². The van der Waals surface area contributed by atoms with Crippen LogP contribution in [0.5, 0.6) is 0 Å². The molecule has 2 aliphatic carbocycles. The van der Waals surface area contributed by atoms with Gasteiger partial charge in [0, 0.05) is 26.9 Å². The summed E-state index contributed by atoms with van der Waals surface area (Å²) in [5.74, 6) is 2.46. The van der Waals surface area contributed by atoms with Gasteiger partial charge >= 0.3 is 8.80 Å². The van der Waals surface area contributed by atoms with Crippen LogP contribution in [0.3, 0.4) is 0 Å². The average Bonchev–Trinajstić information content (AvgIpc) is 3.08. The van der Waals surface area contributed by atoms with Gasteiger partial charge < -0.3 is 13.3 Å². The molecule has 20 heavy (non-hydrogen) atoms. The lowest BCUT2D eigenvalue weighted by Crippen LogP contribution is -2.51. The third kappa shape index (κ3) is 2.98. The molecule has 0 saturated heterocycles. The van der Waals surface area contributed by atoms with Crippen LogP contribution >= 0.6 is 0 Å². The summed E-state index contributed by atoms with van der Waals surface area (Å²) in [5.41, 5.74) is 0.544. The lowest BCUT2D eigenvalue weighted by Gasteiger charge is -2.39. The topological polar surface area (TPSA) is 27.7 Å². The average molecular weight is 301 g/mol. The first-order chi connectivity index (χ1) is 9.72. The van der Waals surface area contributed by atoms with E-state index >= 15 is 0 Å². The Bertz CT molecular complexity index is 285. The molecule has 4 unspecified atom stereocenters. The highest BCUT2D eigenvalue weighted by Crippen LogP contribution is 2.60. The van der Waals surface area contributed by atoms with Gasteiger partial charge in [-0.3, -0.25) is 0 Å². The SMILES string of the molecule is CCCCCCC1C2CCC(C2)C1[Si](OC)(OC)OC. The minimum absolute atomic E-state index is 0.544. The predicted octanol–water partition coefficient (Wildman–Crippen LogP) is 4.25. The van der Waals surface area contributed by atoms with Crippen molar-refractivity contribution in [3.8, 4) is 0 Å². The summed E-state index contributed by atoms with van der Waals surface area (Å²) >= 11 is 0. The summed E-state index contributed by atoms with van der Waals surface area (Å²) < 4.78 is 17.5. The van der Waals surface area contributed by atoms with Crippen molar-refractivity contribution < 1.29 is 13.3 Å². The number of rotatable bonds is 9. The molecule has 2 aliphatic rings. The zero-order valence-corrected chi connectivity index (χ0v) is 14.7. The van der Waals surface area contributed by atoms with E-state index in [1.807, 2.05) is 0 Å². The van der Waals surface area contributed by atoms with Gasteiger partial charge in [-0.15, -0.1) is 0 Å². The van der Waals surface area contributed by atoms with Crippen molar-refractivity contribution in [3.05, 3.63) is 0 Å². The first-order valence-corrected chi connectivity index (χ1v) is 10.2. The maximum Gasteiger partial charge on any atom is 0.503 e. The maximum absolute atomic E-state index is 5.82. The largest absolute Gasteiger partial charge is 0.503 e. The summed E-state index contributed by atoms with van der Waals surface area (Å²) in [6, 6.07) is 0. The standard InChI is InChI=1S/C16H32O3Si/c1-5-6-7-8-9-15-13-10-11-14(12-13)16(15)20(17-2,18-3)19-4/h13-16H,5-12H2,1-4H3. The Balaban J connectivity index is 2.04. The first-order valence-electron chi connectivity index (χ1n) is 8.37. The van der Waals surface area contributed by atoms with Gasteiger partial charge in [-0.2, -0.15) is 0 Å². The lowest BCUT2D eigenvalue weighted by atomic mass is 9.84. The van der Waals surface area contributed by atoms with Crippen molar-refractivity contribution in [1.82, 2.24) is 0 Å². The molecule has 3 nitrogen and oxygen atoms in total. The van der Waals surface area contributed by atoms with Crippen LogP contribution in [-0.4, -0.2) is 30.1 Å². The highest BCUT2D eigenvalue weighted by atomic mass is 28.4. The van der Waals surface area contributed by atoms with Gasteiger partial charge in [0.25, 0.3) is 0 Å². The quantitative estimate of drug-likeness (QED) is 0.470. The van der Waals surface area contributed by atoms with Crippen molar-refractivity contribution in [2.45, 2.75) is 63.8 Å². The fourth-order valence-electron chi connectivity index (χ4n) is 4.84. The number of fused-ring (bicyclic) bond motifs is 2. The van der Waals surface area contributed by atoms with Gasteiger partial charge in [-0.1, -0.05) is 32.6 Å². The van der Waals surface area contributed by atoms with Gasteiger partial charge in [0.15, 0.2) is 0 Å². The lowest BCUT2D eigenvalue weighted by molar-refractivity contribution is 0.0876. The molecule has 4 heteroatoms. The zero-order chi connectivity index (χ0) is 14.6. The normalized spacial score (nSPS) is 33.0. The number of hydrogen-bond acceptors (Lipinski definition) is 3. The minimum Gasteiger partial charge on any atom is -0.377 e. The monoisotopic (exact) mass is 300 g/mol. The fraction of sp³-hybridized carbons (Fsp3) is 1.00. The first kappa shape index (κ1) is 16.5. The Morgan fingerprint density at radius 3 is 2.15 bits per heavy atom. The van der Waals surface area contributed by atoms with Crippen LogP contribution in [-0.2, 0) is 13.3 Å². The third-order valence-electron chi connectivity index (χ3n) is 5.74. The van der Waals surface area contributed by atoms with E-state index in [1.54, 1.807) is 21.3 Å². The Morgan fingerprint density at radius 1 is 0.900 bits per heavy atom. The Hall–Kier alpha value is 0.0969. The highest BCUT2D eigenvalue weighted by molar-refractivity contribution is 6.62. The fourth-order valence-corrected chi connectivity index (χ4v) is 8.00. The molecular formula is C16H32O3Si. The number of unbranched alkanes of at least 4 members (excludes halogenated alkanes) is 3. The van der Waals surface area contributed by atoms with Crippen molar-refractivity contribution in [2.75, 3.05) is 21.3 Å². The zero-order valence-electron chi connectivity index (χ0n) is 13.7. The minimum atomic E-state index is -2.47. The second kappa shape index (κ2) is 7.39. The van der Waals surface area contributed by atoms with Crippen molar-refractivity contribution in [2.24, 2.45) is 17.8 Å². The summed E-state index contributed by atoms with van der Waals surface area (Å²) in [4.78, 5) is 0. The molecule has 0 N–H and O–H groups in total. The molecule has 4 atom stereocenters. The second-order valence-electron chi connectivity index (χ2n) is 6.59. The molecule has 0 radical (unpaired) electrons. The molecule has 0 aromatic rings. The van der Waals surface area contributed by atoms with Crippen LogP contribution < -0.4 is 0 Å². The van der Waals surface area contributed by atoms with E-state index in [4.69, 9.17) is 13.3 Å². The van der Waals surface area contributed by atoms with Gasteiger partial charge in [0.1, 0.15) is 0 Å². The van der Waals surface area contributed by atoms with Crippen LogP contribution in [0.1, 0.15) is 58.3 Å². The van der Waals surface area contributed by atoms with E-state index < -0.39 is 8.80 Å². The molecule has 0 heterocycles. The van der Waals surface area contributed by atoms with Crippen LogP contribution in [0.25, 0.3) is 0 Å². The third-order valence-corrected chi connectivity index (χ3v) is 9.16. The maximum atomic E-state index is 5.82.